The number of hydrogen-bond donors (Lipinski definition) is 3. The van der Waals surface area contributed by atoms with Crippen LogP contribution in [0.1, 0.15) is 85.9 Å². The number of para-hydroxylation sites is 1. The number of alkyl halides is 3. The highest BCUT2D eigenvalue weighted by Gasteiger charge is 2.37. The highest BCUT2D eigenvalue weighted by molar-refractivity contribution is 7.99. The van der Waals surface area contributed by atoms with Crippen LogP contribution in [-0.2, 0) is 6.18 Å². The number of hydrogen-bond acceptors (Lipinski definition) is 5. The second-order valence-corrected chi connectivity index (χ2v) is 12.3. The van der Waals surface area contributed by atoms with E-state index in [1.165, 1.54) is 50.7 Å². The summed E-state index contributed by atoms with van der Waals surface area (Å²) < 4.78 is 45.9. The molecule has 1 aliphatic heterocycles. The molecular weight excluding hydrogens is 594 g/mol. The van der Waals surface area contributed by atoms with Crippen LogP contribution in [0.3, 0.4) is 0 Å². The highest BCUT2D eigenvalue weighted by atomic mass is 32.2. The predicted octanol–water partition coefficient (Wildman–Crippen LogP) is 9.94. The number of halogens is 3. The third kappa shape index (κ3) is 7.32. The molecule has 1 atom stereocenters. The second-order valence-electron chi connectivity index (χ2n) is 10.9. The first-order valence-electron chi connectivity index (χ1n) is 14.9. The number of amides is 1. The number of H-pyrrole nitrogens is 2. The van der Waals surface area contributed by atoms with Gasteiger partial charge >= 0.3 is 6.18 Å². The summed E-state index contributed by atoms with van der Waals surface area (Å²) in [6, 6.07) is 12.5. The number of carbonyl (C=O) groups excluding carboxylic acids is 1. The number of rotatable bonds is 13. The molecule has 1 amide bonds. The van der Waals surface area contributed by atoms with Gasteiger partial charge in [-0.15, -0.1) is 11.8 Å². The summed E-state index contributed by atoms with van der Waals surface area (Å²) in [6.45, 7) is 3.05. The Morgan fingerprint density at radius 1 is 1.05 bits per heavy atom. The molecule has 1 saturated heterocycles. The summed E-state index contributed by atoms with van der Waals surface area (Å²) in [7, 11) is 0. The van der Waals surface area contributed by atoms with Crippen molar-refractivity contribution < 1.29 is 22.4 Å². The minimum atomic E-state index is -4.53. The number of thioether (sulfide) groups is 1. The van der Waals surface area contributed by atoms with Gasteiger partial charge in [-0.05, 0) is 36.8 Å². The molecule has 0 aliphatic carbocycles. The van der Waals surface area contributed by atoms with Gasteiger partial charge in [-0.3, -0.25) is 4.79 Å². The average molecular weight is 631 g/mol. The van der Waals surface area contributed by atoms with Crippen LogP contribution in [0.4, 0.5) is 19.0 Å². The first kappa shape index (κ1) is 31.3. The molecule has 0 bridgehead atoms. The third-order valence-electron chi connectivity index (χ3n) is 7.87. The standard InChI is InChI=1S/C32H37F3N4O2S2/c1-2-3-4-5-6-7-8-11-17-36-29-26(23-15-9-10-16-24(23)37-29)25-19-43-20-39(25)30(40)27-28(41-31(42)38-27)21-13-12-14-22(18-21)32(33,34)35/h9-10,12-16,18,25,36-37H,2-8,11,17,19-20H2,1H3,(H,38,42)/t25-/m0/s1. The van der Waals surface area contributed by atoms with Crippen molar-refractivity contribution in [3.05, 3.63) is 70.2 Å². The van der Waals surface area contributed by atoms with Crippen LogP contribution >= 0.6 is 24.0 Å². The normalized spacial score (nSPS) is 15.4. The zero-order chi connectivity index (χ0) is 30.4. The predicted molar refractivity (Wildman–Crippen MR) is 170 cm³/mol. The van der Waals surface area contributed by atoms with Crippen LogP contribution in [0.25, 0.3) is 22.2 Å². The summed E-state index contributed by atoms with van der Waals surface area (Å²) in [6.07, 6.45) is 5.36. The van der Waals surface area contributed by atoms with Crippen LogP contribution in [-0.4, -0.2) is 38.9 Å². The maximum absolute atomic E-state index is 14.0. The maximum atomic E-state index is 14.0. The maximum Gasteiger partial charge on any atom is 0.416 e. The largest absolute Gasteiger partial charge is 0.429 e. The zero-order valence-corrected chi connectivity index (χ0v) is 25.8. The Morgan fingerprint density at radius 3 is 2.56 bits per heavy atom. The number of fused-ring (bicyclic) bond motifs is 1. The molecule has 0 radical (unpaired) electrons. The van der Waals surface area contributed by atoms with Gasteiger partial charge in [0.1, 0.15) is 5.82 Å². The van der Waals surface area contributed by atoms with Gasteiger partial charge in [0.2, 0.25) is 0 Å². The van der Waals surface area contributed by atoms with E-state index in [0.29, 0.717) is 11.6 Å². The first-order chi connectivity index (χ1) is 20.8. The molecule has 2 aromatic carbocycles. The number of nitrogens with zero attached hydrogens (tertiary/aromatic N) is 1. The van der Waals surface area contributed by atoms with E-state index < -0.39 is 11.7 Å². The zero-order valence-electron chi connectivity index (χ0n) is 24.2. The Hall–Kier alpha value is -3.18. The van der Waals surface area contributed by atoms with Gasteiger partial charge in [0, 0.05) is 34.3 Å². The molecule has 3 N–H and O–H groups in total. The molecule has 1 aliphatic rings. The van der Waals surface area contributed by atoms with Crippen LogP contribution < -0.4 is 5.32 Å². The molecule has 4 aromatic rings. The van der Waals surface area contributed by atoms with Gasteiger partial charge in [0.15, 0.2) is 11.5 Å². The van der Waals surface area contributed by atoms with Gasteiger partial charge in [-0.1, -0.05) is 82.2 Å². The Bertz CT molecular complexity index is 1590. The number of carbonyl (C=O) groups is 1. The van der Waals surface area contributed by atoms with Crippen LogP contribution in [0.5, 0.6) is 0 Å². The minimum absolute atomic E-state index is 0.00344. The quantitative estimate of drug-likeness (QED) is 0.101. The number of anilines is 1. The molecule has 6 nitrogen and oxygen atoms in total. The molecule has 230 valence electrons. The van der Waals surface area contributed by atoms with Gasteiger partial charge in [-0.2, -0.15) is 13.2 Å². The molecule has 2 aromatic heterocycles. The van der Waals surface area contributed by atoms with Gasteiger partial charge in [0.25, 0.3) is 10.7 Å². The summed E-state index contributed by atoms with van der Waals surface area (Å²) >= 11 is 6.81. The number of unbranched alkanes of at least 4 members (excludes halogenated alkanes) is 7. The fourth-order valence-electron chi connectivity index (χ4n) is 5.67. The number of oxazole rings is 1. The van der Waals surface area contributed by atoms with Crippen LogP contribution in [0.15, 0.2) is 52.9 Å². The number of aromatic amines is 2. The molecule has 0 unspecified atom stereocenters. The van der Waals surface area contributed by atoms with Gasteiger partial charge < -0.3 is 24.6 Å². The number of benzene rings is 2. The smallest absolute Gasteiger partial charge is 0.416 e. The van der Waals surface area contributed by atoms with E-state index in [1.54, 1.807) is 16.7 Å². The fourth-order valence-corrected chi connectivity index (χ4v) is 7.02. The van der Waals surface area contributed by atoms with Crippen LogP contribution in [0.2, 0.25) is 0 Å². The molecule has 11 heteroatoms. The Morgan fingerprint density at radius 2 is 1.79 bits per heavy atom. The van der Waals surface area contributed by atoms with E-state index in [0.717, 1.165) is 53.8 Å². The van der Waals surface area contributed by atoms with E-state index in [1.807, 2.05) is 24.3 Å². The van der Waals surface area contributed by atoms with E-state index >= 15 is 0 Å². The minimum Gasteiger partial charge on any atom is -0.429 e. The topological polar surface area (TPSA) is 77.1 Å². The van der Waals surface area contributed by atoms with Crippen molar-refractivity contribution in [1.29, 1.82) is 0 Å². The van der Waals surface area contributed by atoms with Crippen molar-refractivity contribution in [2.45, 2.75) is 70.5 Å². The lowest BCUT2D eigenvalue weighted by Gasteiger charge is -2.25. The molecule has 0 spiro atoms. The van der Waals surface area contributed by atoms with Crippen molar-refractivity contribution in [2.75, 3.05) is 23.5 Å². The van der Waals surface area contributed by atoms with Crippen molar-refractivity contribution in [3.8, 4) is 11.3 Å². The van der Waals surface area contributed by atoms with Crippen molar-refractivity contribution in [1.82, 2.24) is 14.9 Å². The monoisotopic (exact) mass is 630 g/mol. The Labute approximate surface area is 258 Å². The number of aromatic nitrogens is 2. The third-order valence-corrected chi connectivity index (χ3v) is 9.07. The van der Waals surface area contributed by atoms with E-state index in [9.17, 15) is 18.0 Å². The Kier molecular flexibility index (Phi) is 10.2. The molecule has 3 heterocycles. The lowest BCUT2D eigenvalue weighted by Crippen LogP contribution is -2.32. The van der Waals surface area contributed by atoms with E-state index in [-0.39, 0.29) is 33.8 Å². The molecule has 5 rings (SSSR count). The molecule has 0 saturated carbocycles. The summed E-state index contributed by atoms with van der Waals surface area (Å²) in [4.78, 5) is 22.0. The van der Waals surface area contributed by atoms with Gasteiger partial charge in [-0.25, -0.2) is 0 Å². The average Bonchev–Trinajstić information content (AvgIpc) is 3.72. The van der Waals surface area contributed by atoms with E-state index in [2.05, 4.69) is 22.2 Å². The molecule has 43 heavy (non-hydrogen) atoms. The van der Waals surface area contributed by atoms with Crippen molar-refractivity contribution >= 4 is 46.6 Å². The lowest BCUT2D eigenvalue weighted by atomic mass is 10.0. The summed E-state index contributed by atoms with van der Waals surface area (Å²) in [5, 5.41) is 4.63. The number of nitrogens with one attached hydrogen (secondary N) is 3. The lowest BCUT2D eigenvalue weighted by molar-refractivity contribution is -0.137. The second kappa shape index (κ2) is 14.1. The Balaban J connectivity index is 1.36. The van der Waals surface area contributed by atoms with Crippen LogP contribution in [0, 0.1) is 4.84 Å². The fraction of sp³-hybridized carbons (Fsp3) is 0.438. The summed E-state index contributed by atoms with van der Waals surface area (Å²) in [5.74, 6) is 1.63. The highest BCUT2D eigenvalue weighted by Crippen LogP contribution is 2.42. The molecular formula is C32H37F3N4O2S2. The van der Waals surface area contributed by atoms with Gasteiger partial charge in [0.05, 0.1) is 17.5 Å². The summed E-state index contributed by atoms with van der Waals surface area (Å²) in [5.41, 5.74) is 1.34. The first-order valence-corrected chi connectivity index (χ1v) is 16.5. The van der Waals surface area contributed by atoms with E-state index in [4.69, 9.17) is 16.6 Å². The van der Waals surface area contributed by atoms with Crippen molar-refractivity contribution in [2.24, 2.45) is 0 Å². The molecule has 1 fully saturated rings. The van der Waals surface area contributed by atoms with Crippen molar-refractivity contribution in [3.63, 3.8) is 0 Å². The SMILES string of the molecule is CCCCCCCCCCNc1[nH]c2ccccc2c1[C@@H]1CSCN1C(=O)c1[nH]c(=S)oc1-c1cccc(C(F)(F)F)c1.